The first-order valence-electron chi connectivity index (χ1n) is 27.4. The molecule has 10 heteroatoms. The van der Waals surface area contributed by atoms with Gasteiger partial charge in [0.15, 0.2) is 0 Å². The SMILES string of the molecule is CCCCCCCCCCCCCCCCCC(=O)OCCN(CCOC(=O)CCCCCCCCCCCCCCCCC)C(=O)CCC(=O)NCCC(C)(C)OCCC(C)(C)OC. The highest BCUT2D eigenvalue weighted by Gasteiger charge is 2.23. The van der Waals surface area contributed by atoms with E-state index in [1.54, 1.807) is 12.0 Å². The second-order valence-corrected chi connectivity index (χ2v) is 20.1. The molecule has 0 aromatic carbocycles. The van der Waals surface area contributed by atoms with E-state index < -0.39 is 5.60 Å². The Labute approximate surface area is 401 Å². The molecule has 0 aliphatic rings. The van der Waals surface area contributed by atoms with Crippen LogP contribution in [0.3, 0.4) is 0 Å². The Balaban J connectivity index is 4.54. The van der Waals surface area contributed by atoms with Crippen molar-refractivity contribution in [2.45, 2.75) is 284 Å². The van der Waals surface area contributed by atoms with Crippen LogP contribution in [-0.4, -0.2) is 86.4 Å². The van der Waals surface area contributed by atoms with Crippen LogP contribution in [0.2, 0.25) is 0 Å². The highest BCUT2D eigenvalue weighted by Crippen LogP contribution is 2.19. The summed E-state index contributed by atoms with van der Waals surface area (Å²) in [6, 6.07) is 0. The molecule has 0 radical (unpaired) electrons. The number of esters is 2. The first kappa shape index (κ1) is 62.8. The van der Waals surface area contributed by atoms with Gasteiger partial charge in [0.05, 0.1) is 30.9 Å². The molecule has 0 aromatic rings. The lowest BCUT2D eigenvalue weighted by molar-refractivity contribution is -0.147. The minimum Gasteiger partial charge on any atom is -0.464 e. The van der Waals surface area contributed by atoms with Crippen LogP contribution in [0, 0.1) is 0 Å². The fourth-order valence-corrected chi connectivity index (χ4v) is 8.04. The maximum absolute atomic E-state index is 13.3. The fraction of sp³-hybridized carbons (Fsp3) is 0.927. The molecule has 0 aliphatic carbocycles. The molecule has 0 atom stereocenters. The van der Waals surface area contributed by atoms with Gasteiger partial charge in [-0.25, -0.2) is 0 Å². The predicted octanol–water partition coefficient (Wildman–Crippen LogP) is 14.3. The molecule has 10 nitrogen and oxygen atoms in total. The summed E-state index contributed by atoms with van der Waals surface area (Å²) in [5, 5.41) is 2.92. The summed E-state index contributed by atoms with van der Waals surface area (Å²) in [4.78, 5) is 52.7. The van der Waals surface area contributed by atoms with E-state index in [4.69, 9.17) is 18.9 Å². The van der Waals surface area contributed by atoms with E-state index in [1.165, 1.54) is 154 Å². The summed E-state index contributed by atoms with van der Waals surface area (Å²) in [7, 11) is 1.69. The van der Waals surface area contributed by atoms with Crippen molar-refractivity contribution in [3.05, 3.63) is 0 Å². The van der Waals surface area contributed by atoms with Gasteiger partial charge in [0.2, 0.25) is 11.8 Å². The Morgan fingerprint density at radius 1 is 0.431 bits per heavy atom. The summed E-state index contributed by atoms with van der Waals surface area (Å²) in [5.74, 6) is -0.952. The molecule has 2 amide bonds. The zero-order chi connectivity index (χ0) is 48.1. The van der Waals surface area contributed by atoms with Gasteiger partial charge in [0, 0.05) is 39.3 Å². The standard InChI is InChI=1S/C55H106N2O8/c1-8-10-12-14-16-18-20-22-24-26-28-30-32-34-36-38-52(60)63-48-45-57(51(59)41-40-50(58)56-44-42-55(5,6)65-47-43-54(3,4)62-7)46-49-64-53(61)39-37-35-33-31-29-27-25-23-21-19-17-15-13-11-9-2/h8-49H2,1-7H3,(H,56,58). The maximum atomic E-state index is 13.3. The fourth-order valence-electron chi connectivity index (χ4n) is 8.04. The third-order valence-corrected chi connectivity index (χ3v) is 12.9. The quantitative estimate of drug-likeness (QED) is 0.0473. The van der Waals surface area contributed by atoms with Gasteiger partial charge in [-0.2, -0.15) is 0 Å². The average molecular weight is 923 g/mol. The minimum absolute atomic E-state index is 0.0119. The van der Waals surface area contributed by atoms with Crippen molar-refractivity contribution in [1.29, 1.82) is 0 Å². The Morgan fingerprint density at radius 3 is 1.14 bits per heavy atom. The number of hydrogen-bond donors (Lipinski definition) is 1. The molecule has 0 fully saturated rings. The van der Waals surface area contributed by atoms with Crippen LogP contribution in [-0.2, 0) is 38.1 Å². The lowest BCUT2D eigenvalue weighted by atomic mass is 10.0. The van der Waals surface area contributed by atoms with Crippen molar-refractivity contribution < 1.29 is 38.1 Å². The second kappa shape index (κ2) is 44.3. The molecule has 0 aromatic heterocycles. The van der Waals surface area contributed by atoms with Crippen molar-refractivity contribution in [2.24, 2.45) is 0 Å². The summed E-state index contributed by atoms with van der Waals surface area (Å²) in [6.07, 6.45) is 40.3. The summed E-state index contributed by atoms with van der Waals surface area (Å²) in [5.41, 5.74) is -0.679. The van der Waals surface area contributed by atoms with E-state index in [9.17, 15) is 19.2 Å². The van der Waals surface area contributed by atoms with Crippen LogP contribution in [0.1, 0.15) is 273 Å². The number of methoxy groups -OCH3 is 1. The van der Waals surface area contributed by atoms with Gasteiger partial charge in [-0.05, 0) is 53.4 Å². The number of nitrogens with zero attached hydrogens (tertiary/aromatic N) is 1. The highest BCUT2D eigenvalue weighted by atomic mass is 16.5. The lowest BCUT2D eigenvalue weighted by Crippen LogP contribution is -2.38. The van der Waals surface area contributed by atoms with E-state index in [0.29, 0.717) is 32.4 Å². The van der Waals surface area contributed by atoms with E-state index >= 15 is 0 Å². The molecule has 0 bridgehead atoms. The second-order valence-electron chi connectivity index (χ2n) is 20.1. The van der Waals surface area contributed by atoms with Crippen LogP contribution in [0.4, 0.5) is 0 Å². The van der Waals surface area contributed by atoms with E-state index in [0.717, 1.165) is 44.9 Å². The van der Waals surface area contributed by atoms with E-state index in [2.05, 4.69) is 19.2 Å². The zero-order valence-electron chi connectivity index (χ0n) is 43.9. The molecule has 65 heavy (non-hydrogen) atoms. The van der Waals surface area contributed by atoms with Gasteiger partial charge in [0.25, 0.3) is 0 Å². The molecule has 0 saturated carbocycles. The monoisotopic (exact) mass is 923 g/mol. The van der Waals surface area contributed by atoms with Gasteiger partial charge in [-0.15, -0.1) is 0 Å². The Kier molecular flexibility index (Phi) is 42.8. The number of nitrogens with one attached hydrogen (secondary N) is 1. The summed E-state index contributed by atoms with van der Waals surface area (Å²) < 4.78 is 22.6. The lowest BCUT2D eigenvalue weighted by Gasteiger charge is -2.29. The number of carbonyl (C=O) groups is 4. The van der Waals surface area contributed by atoms with Gasteiger partial charge in [-0.1, -0.05) is 194 Å². The number of ether oxygens (including phenoxy) is 4. The first-order valence-corrected chi connectivity index (χ1v) is 27.4. The third kappa shape index (κ3) is 44.1. The van der Waals surface area contributed by atoms with Crippen molar-refractivity contribution in [2.75, 3.05) is 46.6 Å². The number of hydrogen-bond acceptors (Lipinski definition) is 8. The number of unbranched alkanes of at least 4 members (excludes halogenated alkanes) is 28. The molecule has 0 unspecified atom stereocenters. The molecule has 0 saturated heterocycles. The Bertz CT molecular complexity index is 1080. The molecule has 0 rings (SSSR count). The average Bonchev–Trinajstić information content (AvgIpc) is 3.27. The van der Waals surface area contributed by atoms with Crippen LogP contribution < -0.4 is 5.32 Å². The van der Waals surface area contributed by atoms with Crippen molar-refractivity contribution in [3.8, 4) is 0 Å². The van der Waals surface area contributed by atoms with Gasteiger partial charge >= 0.3 is 11.9 Å². The van der Waals surface area contributed by atoms with Crippen LogP contribution in [0.5, 0.6) is 0 Å². The Morgan fingerprint density at radius 2 is 0.785 bits per heavy atom. The zero-order valence-corrected chi connectivity index (χ0v) is 43.9. The molecule has 0 spiro atoms. The van der Waals surface area contributed by atoms with Crippen LogP contribution >= 0.6 is 0 Å². The predicted molar refractivity (Wildman–Crippen MR) is 270 cm³/mol. The molecule has 384 valence electrons. The molecule has 1 N–H and O–H groups in total. The third-order valence-electron chi connectivity index (χ3n) is 12.9. The normalized spacial score (nSPS) is 11.8. The maximum Gasteiger partial charge on any atom is 0.305 e. The van der Waals surface area contributed by atoms with Gasteiger partial charge in [0.1, 0.15) is 13.2 Å². The highest BCUT2D eigenvalue weighted by molar-refractivity contribution is 5.83. The van der Waals surface area contributed by atoms with Crippen LogP contribution in [0.15, 0.2) is 0 Å². The summed E-state index contributed by atoms with van der Waals surface area (Å²) >= 11 is 0. The van der Waals surface area contributed by atoms with Gasteiger partial charge in [-0.3, -0.25) is 19.2 Å². The molecular formula is C55H106N2O8. The smallest absolute Gasteiger partial charge is 0.305 e. The van der Waals surface area contributed by atoms with Crippen molar-refractivity contribution >= 4 is 23.8 Å². The largest absolute Gasteiger partial charge is 0.464 e. The number of amides is 2. The summed E-state index contributed by atoms with van der Waals surface area (Å²) in [6.45, 7) is 14.1. The molecule has 0 aliphatic heterocycles. The number of carbonyl (C=O) groups excluding carboxylic acids is 4. The minimum atomic E-state index is -0.420. The van der Waals surface area contributed by atoms with E-state index in [1.807, 2.05) is 27.7 Å². The first-order chi connectivity index (χ1) is 31.4. The van der Waals surface area contributed by atoms with Crippen molar-refractivity contribution in [3.63, 3.8) is 0 Å². The van der Waals surface area contributed by atoms with Crippen LogP contribution in [0.25, 0.3) is 0 Å². The topological polar surface area (TPSA) is 120 Å². The van der Waals surface area contributed by atoms with Crippen molar-refractivity contribution in [1.82, 2.24) is 10.2 Å². The molecular weight excluding hydrogens is 817 g/mol. The van der Waals surface area contributed by atoms with Gasteiger partial charge < -0.3 is 29.2 Å². The molecule has 0 heterocycles. The Hall–Kier alpha value is -2.20. The number of rotatable bonds is 49. The van der Waals surface area contributed by atoms with E-state index in [-0.39, 0.29) is 68.5 Å².